The maximum Gasteiger partial charge on any atom is 0.308 e. The van der Waals surface area contributed by atoms with Crippen molar-refractivity contribution >= 4 is 15.8 Å². The highest BCUT2D eigenvalue weighted by Gasteiger charge is 2.70. The minimum absolute atomic E-state index is 0.000230. The van der Waals surface area contributed by atoms with E-state index in [1.54, 1.807) is 5.57 Å². The van der Waals surface area contributed by atoms with E-state index in [2.05, 4.69) is 70.5 Å². The van der Waals surface area contributed by atoms with Gasteiger partial charge in [-0.15, -0.1) is 0 Å². The van der Waals surface area contributed by atoms with Crippen LogP contribution >= 0.6 is 0 Å². The second-order valence-corrected chi connectivity index (χ2v) is 22.5. The molecule has 5 saturated carbocycles. The molecule has 292 valence electrons. The highest BCUT2D eigenvalue weighted by atomic mass is 32.2. The number of allylic oxidation sites excluding steroid dienone is 5. The molecular formula is C45H72N2O4S. The third-order valence-corrected chi connectivity index (χ3v) is 19.3. The molecule has 6 fully saturated rings. The predicted octanol–water partition coefficient (Wildman–Crippen LogP) is 8.93. The minimum atomic E-state index is -2.85. The second-order valence-electron chi connectivity index (χ2n) is 20.2. The van der Waals surface area contributed by atoms with Crippen LogP contribution in [0.1, 0.15) is 132 Å². The molecule has 0 amide bonds. The van der Waals surface area contributed by atoms with E-state index in [4.69, 9.17) is 4.74 Å². The van der Waals surface area contributed by atoms with Crippen molar-refractivity contribution in [1.29, 1.82) is 0 Å². The van der Waals surface area contributed by atoms with Crippen LogP contribution in [0.4, 0.5) is 0 Å². The van der Waals surface area contributed by atoms with Crippen molar-refractivity contribution in [2.45, 2.75) is 137 Å². The van der Waals surface area contributed by atoms with Crippen molar-refractivity contribution in [2.24, 2.45) is 57.2 Å². The molecule has 7 aliphatic rings. The smallest absolute Gasteiger partial charge is 0.308 e. The van der Waals surface area contributed by atoms with Crippen LogP contribution in [0.15, 0.2) is 35.5 Å². The van der Waals surface area contributed by atoms with Gasteiger partial charge in [0.05, 0.1) is 24.0 Å². The molecule has 0 aromatic rings. The number of carbonyl (C=O) groups is 1. The lowest BCUT2D eigenvalue weighted by Crippen LogP contribution is -2.68. The summed E-state index contributed by atoms with van der Waals surface area (Å²) in [6.45, 7) is 25.8. The number of sulfone groups is 1. The van der Waals surface area contributed by atoms with Gasteiger partial charge in [0.2, 0.25) is 0 Å². The predicted molar refractivity (Wildman–Crippen MR) is 213 cm³/mol. The van der Waals surface area contributed by atoms with Crippen LogP contribution in [0.25, 0.3) is 0 Å². The number of nitrogens with one attached hydrogen (secondary N) is 1. The molecule has 9 atom stereocenters. The average molecular weight is 737 g/mol. The zero-order chi connectivity index (χ0) is 37.3. The van der Waals surface area contributed by atoms with E-state index in [1.165, 1.54) is 68.9 Å². The van der Waals surface area contributed by atoms with Crippen LogP contribution in [-0.4, -0.2) is 69.1 Å². The van der Waals surface area contributed by atoms with Gasteiger partial charge >= 0.3 is 5.97 Å². The van der Waals surface area contributed by atoms with Crippen molar-refractivity contribution in [3.8, 4) is 0 Å². The lowest BCUT2D eigenvalue weighted by molar-refractivity contribution is -0.221. The summed E-state index contributed by atoms with van der Waals surface area (Å²) in [5.41, 5.74) is 5.71. The maximum absolute atomic E-state index is 12.4. The Hall–Kier alpha value is -1.44. The molecule has 0 radical (unpaired) electrons. The van der Waals surface area contributed by atoms with Crippen molar-refractivity contribution < 1.29 is 17.9 Å². The highest BCUT2D eigenvalue weighted by molar-refractivity contribution is 7.91. The molecule has 7 rings (SSSR count). The largest absolute Gasteiger partial charge is 0.466 e. The molecule has 1 N–H and O–H groups in total. The van der Waals surface area contributed by atoms with Gasteiger partial charge in [-0.05, 0) is 154 Å². The molecule has 7 heteroatoms. The fraction of sp³-hybridized carbons (Fsp3) is 0.844. The molecule has 1 saturated heterocycles. The molecule has 0 aromatic heterocycles. The van der Waals surface area contributed by atoms with Gasteiger partial charge in [-0.1, -0.05) is 64.5 Å². The Labute approximate surface area is 317 Å². The Kier molecular flexibility index (Phi) is 10.4. The fourth-order valence-electron chi connectivity index (χ4n) is 14.6. The normalized spacial score (nSPS) is 44.0. The van der Waals surface area contributed by atoms with E-state index in [0.717, 1.165) is 44.7 Å². The summed E-state index contributed by atoms with van der Waals surface area (Å²) >= 11 is 0. The standard InChI is InChI=1S/C45H72N2O4S/c1-9-51-40(48)33-12-10-32(11-13-33)30-34-16-19-42(6)37(41(34,4)5)18-20-44(8)38(42)15-14-36-39-35(31(2)3)17-21-45(39,23-22-43(36,44)7)46-24-25-47-26-28-52(49,50)29-27-47/h16,30,33,35-39,46H,2,9-15,17-29H2,1,3-8H3. The van der Waals surface area contributed by atoms with Gasteiger partial charge in [0.25, 0.3) is 0 Å². The van der Waals surface area contributed by atoms with Crippen LogP contribution in [-0.2, 0) is 19.4 Å². The van der Waals surface area contributed by atoms with Gasteiger partial charge in [0.1, 0.15) is 0 Å². The fourth-order valence-corrected chi connectivity index (χ4v) is 15.9. The van der Waals surface area contributed by atoms with Gasteiger partial charge in [-0.2, -0.15) is 0 Å². The Balaban J connectivity index is 1.09. The lowest BCUT2D eigenvalue weighted by atomic mass is 9.33. The Bertz CT molecular complexity index is 1560. The average Bonchev–Trinajstić information content (AvgIpc) is 3.48. The SMILES string of the molecule is C=C(C)C1CCC2(NCCN3CCS(=O)(=O)CC3)CCC3(C)C(CCC4C5(C)CC=C(C=C6CCC(C(=O)OCC)CC6)C(C)(C)C5CCC43C)C12. The Morgan fingerprint density at radius 3 is 2.33 bits per heavy atom. The van der Waals surface area contributed by atoms with Crippen LogP contribution in [0.3, 0.4) is 0 Å². The van der Waals surface area contributed by atoms with Crippen molar-refractivity contribution in [3.63, 3.8) is 0 Å². The first-order chi connectivity index (χ1) is 24.5. The van der Waals surface area contributed by atoms with Crippen LogP contribution in [0, 0.1) is 57.2 Å². The maximum atomic E-state index is 12.4. The number of carbonyl (C=O) groups excluding carboxylic acids is 1. The van der Waals surface area contributed by atoms with Gasteiger partial charge < -0.3 is 15.0 Å². The summed E-state index contributed by atoms with van der Waals surface area (Å²) in [5, 5.41) is 4.23. The first kappa shape index (κ1) is 38.8. The molecule has 0 bridgehead atoms. The summed E-state index contributed by atoms with van der Waals surface area (Å²) in [7, 11) is -2.85. The molecule has 6 nitrogen and oxygen atoms in total. The quantitative estimate of drug-likeness (QED) is 0.198. The molecule has 1 heterocycles. The van der Waals surface area contributed by atoms with Gasteiger partial charge in [0, 0.05) is 31.7 Å². The summed E-state index contributed by atoms with van der Waals surface area (Å²) < 4.78 is 29.4. The first-order valence-corrected chi connectivity index (χ1v) is 23.2. The van der Waals surface area contributed by atoms with Gasteiger partial charge in [-0.3, -0.25) is 4.79 Å². The first-order valence-electron chi connectivity index (χ1n) is 21.4. The van der Waals surface area contributed by atoms with E-state index in [9.17, 15) is 13.2 Å². The van der Waals surface area contributed by atoms with Crippen molar-refractivity contribution in [2.75, 3.05) is 44.3 Å². The zero-order valence-electron chi connectivity index (χ0n) is 34.0. The molecule has 0 spiro atoms. The summed E-state index contributed by atoms with van der Waals surface area (Å²) in [4.78, 5) is 14.8. The van der Waals surface area contributed by atoms with E-state index in [0.29, 0.717) is 71.1 Å². The Morgan fingerprint density at radius 1 is 0.942 bits per heavy atom. The number of fused-ring (bicyclic) bond motifs is 7. The Morgan fingerprint density at radius 2 is 1.65 bits per heavy atom. The van der Waals surface area contributed by atoms with Crippen LogP contribution in [0.5, 0.6) is 0 Å². The van der Waals surface area contributed by atoms with Crippen molar-refractivity contribution in [1.82, 2.24) is 10.2 Å². The molecule has 9 unspecified atom stereocenters. The van der Waals surface area contributed by atoms with Crippen LogP contribution < -0.4 is 5.32 Å². The van der Waals surface area contributed by atoms with E-state index < -0.39 is 9.84 Å². The molecule has 1 aliphatic heterocycles. The third kappa shape index (κ3) is 6.35. The van der Waals surface area contributed by atoms with E-state index >= 15 is 0 Å². The van der Waals surface area contributed by atoms with Crippen LogP contribution in [0.2, 0.25) is 0 Å². The molecule has 52 heavy (non-hydrogen) atoms. The monoisotopic (exact) mass is 737 g/mol. The summed E-state index contributed by atoms with van der Waals surface area (Å²) in [6, 6.07) is 0. The van der Waals surface area contributed by atoms with E-state index in [-0.39, 0.29) is 22.8 Å². The molecule has 6 aliphatic carbocycles. The van der Waals surface area contributed by atoms with Gasteiger partial charge in [0.15, 0.2) is 9.84 Å². The number of ether oxygens (including phenoxy) is 1. The lowest BCUT2D eigenvalue weighted by Gasteiger charge is -2.72. The number of hydrogen-bond acceptors (Lipinski definition) is 6. The number of esters is 1. The van der Waals surface area contributed by atoms with Gasteiger partial charge in [-0.25, -0.2) is 8.42 Å². The number of nitrogens with zero attached hydrogens (tertiary/aromatic N) is 1. The summed E-state index contributed by atoms with van der Waals surface area (Å²) in [6.07, 6.45) is 20.7. The zero-order valence-corrected chi connectivity index (χ0v) is 34.8. The highest BCUT2D eigenvalue weighted by Crippen LogP contribution is 2.76. The topological polar surface area (TPSA) is 75.7 Å². The number of hydrogen-bond donors (Lipinski definition) is 1. The summed E-state index contributed by atoms with van der Waals surface area (Å²) in [5.74, 6) is 4.02. The minimum Gasteiger partial charge on any atom is -0.466 e. The number of rotatable bonds is 8. The molecular weight excluding hydrogens is 665 g/mol. The van der Waals surface area contributed by atoms with Crippen molar-refractivity contribution in [3.05, 3.63) is 35.5 Å². The second kappa shape index (κ2) is 13.9. The molecule has 0 aromatic carbocycles. The van der Waals surface area contributed by atoms with E-state index in [1.807, 2.05) is 6.92 Å². The third-order valence-electron chi connectivity index (χ3n) is 17.7.